The standard InChI is InChI=1S/C15H20F2N6O4S/c1-19-9-11(13(24)20(2)15(19)25)28(26,27)22-7-5-21(6-8-22)10-12-18-3-4-23(12)14(16)17/h3-4,9,14H,5-8,10H2,1-2H3. The third-order valence-corrected chi connectivity index (χ3v) is 6.57. The molecule has 0 radical (unpaired) electrons. The summed E-state index contributed by atoms with van der Waals surface area (Å²) < 4.78 is 55.2. The van der Waals surface area contributed by atoms with Gasteiger partial charge in [-0.15, -0.1) is 0 Å². The van der Waals surface area contributed by atoms with Gasteiger partial charge in [0.2, 0.25) is 10.0 Å². The van der Waals surface area contributed by atoms with Gasteiger partial charge in [-0.25, -0.2) is 18.2 Å². The van der Waals surface area contributed by atoms with Crippen molar-refractivity contribution < 1.29 is 17.2 Å². The second-order valence-electron chi connectivity index (χ2n) is 6.46. The molecule has 2 aromatic rings. The maximum absolute atomic E-state index is 12.9. The lowest BCUT2D eigenvalue weighted by molar-refractivity contribution is 0.0626. The molecule has 1 aliphatic rings. The van der Waals surface area contributed by atoms with Gasteiger partial charge < -0.3 is 4.57 Å². The molecule has 3 rings (SSSR count). The lowest BCUT2D eigenvalue weighted by Gasteiger charge is -2.33. The Morgan fingerprint density at radius 2 is 1.79 bits per heavy atom. The Bertz CT molecular complexity index is 1080. The summed E-state index contributed by atoms with van der Waals surface area (Å²) in [4.78, 5) is 29.3. The molecule has 1 fully saturated rings. The fourth-order valence-corrected chi connectivity index (χ4v) is 4.63. The second kappa shape index (κ2) is 7.56. The molecular weight excluding hydrogens is 398 g/mol. The van der Waals surface area contributed by atoms with Crippen molar-refractivity contribution in [3.63, 3.8) is 0 Å². The van der Waals surface area contributed by atoms with Crippen LogP contribution in [-0.2, 0) is 30.7 Å². The van der Waals surface area contributed by atoms with Gasteiger partial charge in [-0.1, -0.05) is 0 Å². The number of rotatable bonds is 5. The molecule has 0 amide bonds. The van der Waals surface area contributed by atoms with E-state index in [1.807, 2.05) is 4.90 Å². The summed E-state index contributed by atoms with van der Waals surface area (Å²) in [5.74, 6) is 0.193. The smallest absolute Gasteiger partial charge is 0.302 e. The van der Waals surface area contributed by atoms with Crippen LogP contribution in [-0.4, -0.2) is 62.5 Å². The number of aryl methyl sites for hydroxylation is 1. The van der Waals surface area contributed by atoms with Crippen LogP contribution in [0.1, 0.15) is 12.4 Å². The van der Waals surface area contributed by atoms with E-state index in [4.69, 9.17) is 0 Å². The Balaban J connectivity index is 1.75. The maximum atomic E-state index is 12.9. The van der Waals surface area contributed by atoms with Crippen LogP contribution < -0.4 is 11.2 Å². The van der Waals surface area contributed by atoms with Crippen molar-refractivity contribution in [1.29, 1.82) is 0 Å². The van der Waals surface area contributed by atoms with E-state index in [1.165, 1.54) is 26.5 Å². The van der Waals surface area contributed by atoms with Crippen LogP contribution >= 0.6 is 0 Å². The minimum atomic E-state index is -4.09. The Morgan fingerprint density at radius 3 is 2.39 bits per heavy atom. The monoisotopic (exact) mass is 418 g/mol. The number of nitrogens with zero attached hydrogens (tertiary/aromatic N) is 6. The summed E-state index contributed by atoms with van der Waals surface area (Å²) >= 11 is 0. The quantitative estimate of drug-likeness (QED) is 0.629. The average molecular weight is 418 g/mol. The Morgan fingerprint density at radius 1 is 1.14 bits per heavy atom. The van der Waals surface area contributed by atoms with Crippen LogP contribution in [0.25, 0.3) is 0 Å². The first-order valence-electron chi connectivity index (χ1n) is 8.42. The molecule has 1 aliphatic heterocycles. The number of sulfonamides is 1. The van der Waals surface area contributed by atoms with Gasteiger partial charge in [-0.05, 0) is 0 Å². The highest BCUT2D eigenvalue weighted by atomic mass is 32.2. The molecular formula is C15H20F2N6O4S. The lowest BCUT2D eigenvalue weighted by Crippen LogP contribution is -2.50. The van der Waals surface area contributed by atoms with Crippen molar-refractivity contribution in [2.24, 2.45) is 14.1 Å². The first-order valence-corrected chi connectivity index (χ1v) is 9.86. The van der Waals surface area contributed by atoms with Crippen molar-refractivity contribution >= 4 is 10.0 Å². The zero-order chi connectivity index (χ0) is 20.6. The number of hydrogen-bond acceptors (Lipinski definition) is 6. The van der Waals surface area contributed by atoms with Crippen LogP contribution in [0, 0.1) is 0 Å². The van der Waals surface area contributed by atoms with E-state index >= 15 is 0 Å². The molecule has 0 aliphatic carbocycles. The molecule has 0 atom stereocenters. The Kier molecular flexibility index (Phi) is 5.50. The Labute approximate surface area is 159 Å². The van der Waals surface area contributed by atoms with E-state index in [9.17, 15) is 26.8 Å². The normalized spacial score (nSPS) is 16.8. The number of halogens is 2. The van der Waals surface area contributed by atoms with Gasteiger partial charge in [0.05, 0.1) is 6.54 Å². The van der Waals surface area contributed by atoms with Gasteiger partial charge in [0, 0.05) is 58.9 Å². The second-order valence-corrected chi connectivity index (χ2v) is 8.37. The minimum Gasteiger partial charge on any atom is -0.302 e. The molecule has 0 unspecified atom stereocenters. The van der Waals surface area contributed by atoms with Crippen molar-refractivity contribution in [1.82, 2.24) is 27.9 Å². The van der Waals surface area contributed by atoms with Gasteiger partial charge in [0.1, 0.15) is 5.82 Å². The van der Waals surface area contributed by atoms with Gasteiger partial charge in [-0.2, -0.15) is 13.1 Å². The molecule has 0 N–H and O–H groups in total. The summed E-state index contributed by atoms with van der Waals surface area (Å²) in [5, 5.41) is 0. The van der Waals surface area contributed by atoms with Crippen LogP contribution in [0.4, 0.5) is 8.78 Å². The zero-order valence-electron chi connectivity index (χ0n) is 15.3. The number of imidazole rings is 1. The molecule has 3 heterocycles. The number of aromatic nitrogens is 4. The van der Waals surface area contributed by atoms with Gasteiger partial charge in [-0.3, -0.25) is 18.8 Å². The van der Waals surface area contributed by atoms with E-state index < -0.39 is 32.7 Å². The first kappa shape index (κ1) is 20.4. The van der Waals surface area contributed by atoms with Crippen LogP contribution in [0.15, 0.2) is 33.1 Å². The largest absolute Gasteiger partial charge is 0.330 e. The highest BCUT2D eigenvalue weighted by Crippen LogP contribution is 2.17. The SMILES string of the molecule is Cn1cc(S(=O)(=O)N2CCN(Cc3nccn3C(F)F)CC2)c(=O)n(C)c1=O. The molecule has 13 heteroatoms. The van der Waals surface area contributed by atoms with E-state index in [2.05, 4.69) is 4.98 Å². The minimum absolute atomic E-state index is 0.0870. The zero-order valence-corrected chi connectivity index (χ0v) is 16.1. The number of piperazine rings is 1. The van der Waals surface area contributed by atoms with E-state index in [0.29, 0.717) is 13.1 Å². The molecule has 28 heavy (non-hydrogen) atoms. The predicted octanol–water partition coefficient (Wildman–Crippen LogP) is -0.818. The molecule has 0 bridgehead atoms. The summed E-state index contributed by atoms with van der Waals surface area (Å²) in [6.45, 7) is -1.77. The first-order chi connectivity index (χ1) is 13.1. The van der Waals surface area contributed by atoms with Crippen LogP contribution in [0.3, 0.4) is 0 Å². The number of hydrogen-bond donors (Lipinski definition) is 0. The van der Waals surface area contributed by atoms with Crippen molar-refractivity contribution in [3.8, 4) is 0 Å². The Hall–Kier alpha value is -2.38. The molecule has 2 aromatic heterocycles. The van der Waals surface area contributed by atoms with E-state index in [0.717, 1.165) is 24.2 Å². The molecule has 1 saturated heterocycles. The molecule has 0 aromatic carbocycles. The van der Waals surface area contributed by atoms with Gasteiger partial charge >= 0.3 is 12.2 Å². The van der Waals surface area contributed by atoms with Crippen LogP contribution in [0.2, 0.25) is 0 Å². The maximum Gasteiger partial charge on any atom is 0.330 e. The van der Waals surface area contributed by atoms with Crippen LogP contribution in [0.5, 0.6) is 0 Å². The molecule has 0 spiro atoms. The third kappa shape index (κ3) is 3.64. The topological polar surface area (TPSA) is 102 Å². The van der Waals surface area contributed by atoms with Crippen molar-refractivity contribution in [2.45, 2.75) is 18.0 Å². The lowest BCUT2D eigenvalue weighted by atomic mass is 10.3. The number of alkyl halides is 2. The highest BCUT2D eigenvalue weighted by molar-refractivity contribution is 7.89. The summed E-state index contributed by atoms with van der Waals surface area (Å²) in [5.41, 5.74) is -1.51. The summed E-state index contributed by atoms with van der Waals surface area (Å²) in [7, 11) is -1.51. The predicted molar refractivity (Wildman–Crippen MR) is 94.4 cm³/mol. The average Bonchev–Trinajstić information content (AvgIpc) is 3.11. The molecule has 10 nitrogen and oxygen atoms in total. The summed E-state index contributed by atoms with van der Waals surface area (Å²) in [6, 6.07) is 0. The fourth-order valence-electron chi connectivity index (χ4n) is 3.06. The highest BCUT2D eigenvalue weighted by Gasteiger charge is 2.32. The van der Waals surface area contributed by atoms with Gasteiger partial charge in [0.15, 0.2) is 4.90 Å². The van der Waals surface area contributed by atoms with Crippen molar-refractivity contribution in [3.05, 3.63) is 45.3 Å². The fraction of sp³-hybridized carbons (Fsp3) is 0.533. The van der Waals surface area contributed by atoms with Gasteiger partial charge in [0.25, 0.3) is 5.56 Å². The summed E-state index contributed by atoms with van der Waals surface area (Å²) in [6.07, 6.45) is 3.50. The van der Waals surface area contributed by atoms with E-state index in [-0.39, 0.29) is 25.5 Å². The van der Waals surface area contributed by atoms with Crippen molar-refractivity contribution in [2.75, 3.05) is 26.2 Å². The molecule has 0 saturated carbocycles. The molecule has 154 valence electrons. The third-order valence-electron chi connectivity index (χ3n) is 4.69. The van der Waals surface area contributed by atoms with E-state index in [1.54, 1.807) is 0 Å².